The fraction of sp³-hybridized carbons (Fsp3) is 0.156. The van der Waals surface area contributed by atoms with Gasteiger partial charge in [0.1, 0.15) is 18.4 Å². The summed E-state index contributed by atoms with van der Waals surface area (Å²) in [6, 6.07) is 35.8. The minimum absolute atomic E-state index is 0.0136. The third-order valence-electron chi connectivity index (χ3n) is 5.99. The van der Waals surface area contributed by atoms with Crippen molar-refractivity contribution in [1.82, 2.24) is 5.32 Å². The number of ether oxygens (including phenoxy) is 3. The van der Waals surface area contributed by atoms with E-state index in [2.05, 4.69) is 29.6 Å². The first-order chi connectivity index (χ1) is 19.5. The maximum atomic E-state index is 13.0. The van der Waals surface area contributed by atoms with Crippen molar-refractivity contribution in [3.63, 3.8) is 0 Å². The normalized spacial score (nSPS) is 11.3. The number of alkyl carbamates (subject to hydrolysis) is 1. The van der Waals surface area contributed by atoms with Gasteiger partial charge >= 0.3 is 18.0 Å². The van der Waals surface area contributed by atoms with Crippen LogP contribution in [0.5, 0.6) is 5.75 Å². The summed E-state index contributed by atoms with van der Waals surface area (Å²) in [6.45, 7) is 0.0468. The largest absolute Gasteiger partial charge is 0.467 e. The van der Waals surface area contributed by atoms with Crippen molar-refractivity contribution in [3.8, 4) is 5.75 Å². The number of carbonyl (C=O) groups is 3. The predicted octanol–water partition coefficient (Wildman–Crippen LogP) is 4.60. The van der Waals surface area contributed by atoms with Gasteiger partial charge in [0.05, 0.1) is 7.11 Å². The Bertz CT molecular complexity index is 1360. The van der Waals surface area contributed by atoms with Crippen LogP contribution in [0.1, 0.15) is 18.4 Å². The van der Waals surface area contributed by atoms with Crippen LogP contribution in [0.3, 0.4) is 0 Å². The summed E-state index contributed by atoms with van der Waals surface area (Å²) < 4.78 is 15.9. The van der Waals surface area contributed by atoms with Gasteiger partial charge in [-0.05, 0) is 36.6 Å². The first-order valence-electron chi connectivity index (χ1n) is 12.8. The maximum absolute atomic E-state index is 13.0. The molecule has 1 atom stereocenters. The Kier molecular flexibility index (Phi) is 10.4. The van der Waals surface area contributed by atoms with Crippen molar-refractivity contribution in [2.24, 2.45) is 0 Å². The zero-order chi connectivity index (χ0) is 28.2. The minimum atomic E-state index is -1.07. The second kappa shape index (κ2) is 14.6. The molecule has 40 heavy (non-hydrogen) atoms. The fourth-order valence-corrected chi connectivity index (χ4v) is 6.41. The van der Waals surface area contributed by atoms with Gasteiger partial charge in [-0.3, -0.25) is 4.79 Å². The van der Waals surface area contributed by atoms with Crippen LogP contribution in [-0.4, -0.2) is 31.2 Å². The molecule has 8 heteroatoms. The first kappa shape index (κ1) is 28.5. The Balaban J connectivity index is 1.43. The molecule has 0 aromatic heterocycles. The van der Waals surface area contributed by atoms with Crippen LogP contribution in [0.4, 0.5) is 4.79 Å². The number of amides is 1. The second-order valence-electron chi connectivity index (χ2n) is 8.77. The van der Waals surface area contributed by atoms with Crippen LogP contribution in [-0.2, 0) is 25.7 Å². The molecule has 0 radical (unpaired) electrons. The number of para-hydroxylation sites is 1. The molecule has 7 nitrogen and oxygen atoms in total. The lowest BCUT2D eigenvalue weighted by Gasteiger charge is -2.22. The van der Waals surface area contributed by atoms with E-state index >= 15 is 0 Å². The highest BCUT2D eigenvalue weighted by Crippen LogP contribution is 2.36. The lowest BCUT2D eigenvalue weighted by Crippen LogP contribution is -2.42. The zero-order valence-electron chi connectivity index (χ0n) is 22.1. The Labute approximate surface area is 234 Å². The molecule has 0 aliphatic carbocycles. The van der Waals surface area contributed by atoms with Crippen LogP contribution in [0.25, 0.3) is 0 Å². The molecule has 0 spiro atoms. The van der Waals surface area contributed by atoms with Gasteiger partial charge in [0, 0.05) is 11.7 Å². The third-order valence-corrected chi connectivity index (χ3v) is 8.47. The SMILES string of the molecule is COC(=O)[C@H](CCC(=O)Oc1ccccc1P(c1ccccc1)c1ccccc1)NC(=O)OCc1ccccc1. The predicted molar refractivity (Wildman–Crippen MR) is 156 cm³/mol. The number of carbonyl (C=O) groups excluding carboxylic acids is 3. The van der Waals surface area contributed by atoms with Gasteiger partial charge < -0.3 is 19.5 Å². The Morgan fingerprint density at radius 2 is 1.30 bits per heavy atom. The summed E-state index contributed by atoms with van der Waals surface area (Å²) >= 11 is 0. The van der Waals surface area contributed by atoms with E-state index in [1.165, 1.54) is 7.11 Å². The molecular weight excluding hydrogens is 525 g/mol. The number of rotatable bonds is 11. The molecule has 1 amide bonds. The van der Waals surface area contributed by atoms with E-state index in [1.54, 1.807) is 6.07 Å². The third kappa shape index (κ3) is 8.01. The van der Waals surface area contributed by atoms with Crippen molar-refractivity contribution < 1.29 is 28.6 Å². The van der Waals surface area contributed by atoms with Crippen LogP contribution < -0.4 is 26.0 Å². The van der Waals surface area contributed by atoms with Gasteiger partial charge in [-0.15, -0.1) is 0 Å². The molecule has 0 aliphatic rings. The summed E-state index contributed by atoms with van der Waals surface area (Å²) in [7, 11) is 0.226. The molecule has 0 bridgehead atoms. The average molecular weight is 556 g/mol. The summed E-state index contributed by atoms with van der Waals surface area (Å²) in [5, 5.41) is 5.63. The highest BCUT2D eigenvalue weighted by Gasteiger charge is 2.25. The van der Waals surface area contributed by atoms with Gasteiger partial charge in [-0.1, -0.05) is 109 Å². The van der Waals surface area contributed by atoms with E-state index in [9.17, 15) is 14.4 Å². The standard InChI is InChI=1S/C32H30NO6P/c1-37-31(35)27(33-32(36)38-23-24-13-5-2-6-14-24)21-22-30(34)39-28-19-11-12-20-29(28)40(25-15-7-3-8-16-25)26-17-9-4-10-18-26/h2-20,27H,21-23H2,1H3,(H,33,36)/t27-/m0/s1. The highest BCUT2D eigenvalue weighted by molar-refractivity contribution is 7.80. The first-order valence-corrected chi connectivity index (χ1v) is 14.1. The second-order valence-corrected chi connectivity index (χ2v) is 11.0. The number of esters is 2. The van der Waals surface area contributed by atoms with Crippen LogP contribution in [0.15, 0.2) is 115 Å². The molecule has 0 saturated heterocycles. The molecule has 1 N–H and O–H groups in total. The van der Waals surface area contributed by atoms with Crippen molar-refractivity contribution in [2.45, 2.75) is 25.5 Å². The van der Waals surface area contributed by atoms with Crippen molar-refractivity contribution >= 4 is 41.9 Å². The molecule has 0 saturated carbocycles. The molecule has 0 heterocycles. The molecule has 4 aromatic carbocycles. The van der Waals surface area contributed by atoms with E-state index in [4.69, 9.17) is 14.2 Å². The Morgan fingerprint density at radius 3 is 1.90 bits per heavy atom. The molecule has 0 unspecified atom stereocenters. The molecule has 4 rings (SSSR count). The molecule has 0 fully saturated rings. The molecule has 204 valence electrons. The summed E-state index contributed by atoms with van der Waals surface area (Å²) in [4.78, 5) is 37.6. The summed E-state index contributed by atoms with van der Waals surface area (Å²) in [5.41, 5.74) is 0.806. The van der Waals surface area contributed by atoms with E-state index in [0.717, 1.165) is 21.5 Å². The lowest BCUT2D eigenvalue weighted by molar-refractivity contribution is -0.143. The fourth-order valence-electron chi connectivity index (χ4n) is 4.04. The highest BCUT2D eigenvalue weighted by atomic mass is 31.1. The lowest BCUT2D eigenvalue weighted by atomic mass is 10.1. The van der Waals surface area contributed by atoms with E-state index < -0.39 is 32.0 Å². The topological polar surface area (TPSA) is 90.9 Å². The minimum Gasteiger partial charge on any atom is -0.467 e. The van der Waals surface area contributed by atoms with Gasteiger partial charge in [-0.25, -0.2) is 9.59 Å². The average Bonchev–Trinajstić information content (AvgIpc) is 3.00. The molecule has 4 aromatic rings. The van der Waals surface area contributed by atoms with E-state index in [1.807, 2.05) is 84.9 Å². The number of nitrogens with one attached hydrogen (secondary N) is 1. The number of methoxy groups -OCH3 is 1. The van der Waals surface area contributed by atoms with E-state index in [-0.39, 0.29) is 19.4 Å². The van der Waals surface area contributed by atoms with E-state index in [0.29, 0.717) is 5.75 Å². The zero-order valence-corrected chi connectivity index (χ0v) is 23.0. The Morgan fingerprint density at radius 1 is 0.750 bits per heavy atom. The maximum Gasteiger partial charge on any atom is 0.408 e. The van der Waals surface area contributed by atoms with Crippen LogP contribution in [0.2, 0.25) is 0 Å². The smallest absolute Gasteiger partial charge is 0.408 e. The van der Waals surface area contributed by atoms with Crippen molar-refractivity contribution in [1.29, 1.82) is 0 Å². The van der Waals surface area contributed by atoms with Gasteiger partial charge in [0.2, 0.25) is 0 Å². The monoisotopic (exact) mass is 555 g/mol. The quantitative estimate of drug-likeness (QED) is 0.165. The van der Waals surface area contributed by atoms with Crippen LogP contribution >= 0.6 is 7.92 Å². The van der Waals surface area contributed by atoms with Gasteiger partial charge in [0.15, 0.2) is 0 Å². The van der Waals surface area contributed by atoms with Crippen molar-refractivity contribution in [3.05, 3.63) is 121 Å². The number of benzene rings is 4. The van der Waals surface area contributed by atoms with Gasteiger partial charge in [0.25, 0.3) is 0 Å². The summed E-state index contributed by atoms with van der Waals surface area (Å²) in [6.07, 6.45) is -0.920. The molecular formula is C32H30NO6P. The van der Waals surface area contributed by atoms with Crippen molar-refractivity contribution in [2.75, 3.05) is 7.11 Å². The van der Waals surface area contributed by atoms with Gasteiger partial charge in [-0.2, -0.15) is 0 Å². The molecule has 0 aliphatic heterocycles. The number of hydrogen-bond acceptors (Lipinski definition) is 6. The van der Waals surface area contributed by atoms with Crippen LogP contribution in [0, 0.1) is 0 Å². The Hall–Kier alpha value is -4.48. The number of hydrogen-bond donors (Lipinski definition) is 1. The summed E-state index contributed by atoms with van der Waals surface area (Å²) in [5.74, 6) is -0.755.